The third-order valence-electron chi connectivity index (χ3n) is 4.88. The van der Waals surface area contributed by atoms with Crippen molar-refractivity contribution in [2.24, 2.45) is 5.92 Å². The molecule has 6 nitrogen and oxygen atoms in total. The number of anilines is 1. The minimum Gasteiger partial charge on any atom is -0.340 e. The van der Waals surface area contributed by atoms with Gasteiger partial charge >= 0.3 is 0 Å². The van der Waals surface area contributed by atoms with Gasteiger partial charge in [-0.05, 0) is 41.2 Å². The summed E-state index contributed by atoms with van der Waals surface area (Å²) < 4.78 is 0. The Morgan fingerprint density at radius 1 is 1.00 bits per heavy atom. The van der Waals surface area contributed by atoms with Crippen molar-refractivity contribution >= 4 is 28.8 Å². The highest BCUT2D eigenvalue weighted by Crippen LogP contribution is 2.22. The molecule has 3 rings (SSSR count). The quantitative estimate of drug-likeness (QED) is 0.606. The lowest BCUT2D eigenvalue weighted by Gasteiger charge is -2.22. The number of hydrogen-bond acceptors (Lipinski definition) is 3. The van der Waals surface area contributed by atoms with Gasteiger partial charge in [-0.25, -0.2) is 4.98 Å². The van der Waals surface area contributed by atoms with E-state index in [0.29, 0.717) is 11.5 Å². The Balaban J connectivity index is 1.71. The molecule has 0 saturated carbocycles. The Morgan fingerprint density at radius 2 is 1.66 bits per heavy atom. The molecule has 0 radical (unpaired) electrons. The van der Waals surface area contributed by atoms with Gasteiger partial charge in [0.2, 0.25) is 11.9 Å². The van der Waals surface area contributed by atoms with Crippen LogP contribution in [0.3, 0.4) is 0 Å². The van der Waals surface area contributed by atoms with Crippen LogP contribution in [-0.2, 0) is 10.2 Å². The fourth-order valence-electron chi connectivity index (χ4n) is 3.09. The van der Waals surface area contributed by atoms with E-state index in [1.165, 1.54) is 0 Å². The highest BCUT2D eigenvalue weighted by atomic mass is 16.2. The molecule has 29 heavy (non-hydrogen) atoms. The van der Waals surface area contributed by atoms with E-state index in [2.05, 4.69) is 41.4 Å². The predicted molar refractivity (Wildman–Crippen MR) is 116 cm³/mol. The van der Waals surface area contributed by atoms with Gasteiger partial charge in [0.25, 0.3) is 5.91 Å². The van der Waals surface area contributed by atoms with Crippen molar-refractivity contribution in [3.8, 4) is 0 Å². The van der Waals surface area contributed by atoms with Crippen molar-refractivity contribution in [3.05, 3.63) is 59.7 Å². The molecule has 2 aromatic carbocycles. The molecule has 0 bridgehead atoms. The second-order valence-corrected chi connectivity index (χ2v) is 8.61. The molecule has 1 aromatic heterocycles. The molecule has 1 heterocycles. The number of carbonyl (C=O) groups excluding carboxylic acids is 2. The van der Waals surface area contributed by atoms with Gasteiger partial charge in [-0.3, -0.25) is 14.9 Å². The maximum Gasteiger partial charge on any atom is 0.251 e. The molecule has 3 aromatic rings. The number of fused-ring (bicyclic) bond motifs is 1. The lowest BCUT2D eigenvalue weighted by molar-refractivity contribution is -0.118. The van der Waals surface area contributed by atoms with E-state index in [1.807, 2.05) is 50.2 Å². The van der Waals surface area contributed by atoms with Crippen LogP contribution in [0.4, 0.5) is 5.95 Å². The van der Waals surface area contributed by atoms with Crippen LogP contribution in [0.2, 0.25) is 0 Å². The van der Waals surface area contributed by atoms with Gasteiger partial charge in [0.1, 0.15) is 6.04 Å². The summed E-state index contributed by atoms with van der Waals surface area (Å²) in [7, 11) is 0. The molecule has 0 spiro atoms. The Labute approximate surface area is 171 Å². The molecular weight excluding hydrogens is 364 g/mol. The van der Waals surface area contributed by atoms with Crippen LogP contribution in [-0.4, -0.2) is 27.8 Å². The molecule has 0 aliphatic rings. The zero-order valence-electron chi connectivity index (χ0n) is 17.5. The SMILES string of the molecule is CC(C)[C@H](NC(=O)c1ccc(C(C)(C)C)cc1)C(=O)Nc1nc2ccccc2[nH]1. The predicted octanol–water partition coefficient (Wildman–Crippen LogP) is 4.25. The highest BCUT2D eigenvalue weighted by molar-refractivity contribution is 6.01. The number of aromatic amines is 1. The number of amides is 2. The number of nitrogens with zero attached hydrogens (tertiary/aromatic N) is 1. The molecule has 3 N–H and O–H groups in total. The first-order valence-electron chi connectivity index (χ1n) is 9.82. The van der Waals surface area contributed by atoms with Crippen molar-refractivity contribution in [1.29, 1.82) is 0 Å². The fraction of sp³-hybridized carbons (Fsp3) is 0.348. The zero-order valence-corrected chi connectivity index (χ0v) is 17.5. The molecule has 0 aliphatic heterocycles. The first-order valence-corrected chi connectivity index (χ1v) is 9.82. The lowest BCUT2D eigenvalue weighted by atomic mass is 9.86. The summed E-state index contributed by atoms with van der Waals surface area (Å²) in [5, 5.41) is 5.63. The smallest absolute Gasteiger partial charge is 0.251 e. The van der Waals surface area contributed by atoms with E-state index in [0.717, 1.165) is 16.6 Å². The maximum atomic E-state index is 12.8. The molecular formula is C23H28N4O2. The van der Waals surface area contributed by atoms with Gasteiger partial charge < -0.3 is 10.3 Å². The van der Waals surface area contributed by atoms with Crippen LogP contribution in [0, 0.1) is 5.92 Å². The topological polar surface area (TPSA) is 86.9 Å². The third kappa shape index (κ3) is 4.83. The first-order chi connectivity index (χ1) is 13.6. The number of para-hydroxylation sites is 2. The van der Waals surface area contributed by atoms with E-state index in [-0.39, 0.29) is 23.1 Å². The average molecular weight is 393 g/mol. The Bertz CT molecular complexity index is 980. The van der Waals surface area contributed by atoms with Crippen LogP contribution >= 0.6 is 0 Å². The number of hydrogen-bond donors (Lipinski definition) is 3. The number of rotatable bonds is 5. The van der Waals surface area contributed by atoms with E-state index < -0.39 is 6.04 Å². The fourth-order valence-corrected chi connectivity index (χ4v) is 3.09. The van der Waals surface area contributed by atoms with Crippen molar-refractivity contribution in [1.82, 2.24) is 15.3 Å². The average Bonchev–Trinajstić information content (AvgIpc) is 3.07. The van der Waals surface area contributed by atoms with Crippen LogP contribution in [0.1, 0.15) is 50.5 Å². The molecule has 0 fully saturated rings. The summed E-state index contributed by atoms with van der Waals surface area (Å²) in [6.07, 6.45) is 0. The molecule has 0 unspecified atom stereocenters. The number of nitrogens with one attached hydrogen (secondary N) is 3. The Hall–Kier alpha value is -3.15. The number of H-pyrrole nitrogens is 1. The molecule has 152 valence electrons. The zero-order chi connectivity index (χ0) is 21.2. The van der Waals surface area contributed by atoms with Crippen LogP contribution in [0.25, 0.3) is 11.0 Å². The summed E-state index contributed by atoms with van der Waals surface area (Å²) in [5.41, 5.74) is 3.30. The number of benzene rings is 2. The third-order valence-corrected chi connectivity index (χ3v) is 4.88. The molecule has 0 saturated heterocycles. The summed E-state index contributed by atoms with van der Waals surface area (Å²) >= 11 is 0. The number of imidazole rings is 1. The van der Waals surface area contributed by atoms with Gasteiger partial charge in [0.15, 0.2) is 0 Å². The molecule has 1 atom stereocenters. The second kappa shape index (κ2) is 8.07. The Kier molecular flexibility index (Phi) is 5.73. The second-order valence-electron chi connectivity index (χ2n) is 8.61. The normalized spacial score (nSPS) is 12.8. The van der Waals surface area contributed by atoms with Crippen LogP contribution in [0.5, 0.6) is 0 Å². The monoisotopic (exact) mass is 392 g/mol. The highest BCUT2D eigenvalue weighted by Gasteiger charge is 2.26. The summed E-state index contributed by atoms with van der Waals surface area (Å²) in [4.78, 5) is 32.9. The van der Waals surface area contributed by atoms with Gasteiger partial charge in [0, 0.05) is 5.56 Å². The Morgan fingerprint density at radius 3 is 2.24 bits per heavy atom. The maximum absolute atomic E-state index is 12.8. The van der Waals surface area contributed by atoms with Crippen molar-refractivity contribution < 1.29 is 9.59 Å². The van der Waals surface area contributed by atoms with E-state index in [9.17, 15) is 9.59 Å². The minimum atomic E-state index is -0.682. The molecule has 6 heteroatoms. The van der Waals surface area contributed by atoms with Crippen LogP contribution < -0.4 is 10.6 Å². The summed E-state index contributed by atoms with van der Waals surface area (Å²) in [6, 6.07) is 14.4. The number of carbonyl (C=O) groups is 2. The minimum absolute atomic E-state index is 0.0158. The van der Waals surface area contributed by atoms with E-state index in [4.69, 9.17) is 0 Å². The summed E-state index contributed by atoms with van der Waals surface area (Å²) in [5.74, 6) is -0.301. The van der Waals surface area contributed by atoms with E-state index >= 15 is 0 Å². The standard InChI is InChI=1S/C23H28N4O2/c1-14(2)19(21(29)27-22-24-17-8-6-7-9-18(17)25-22)26-20(28)15-10-12-16(13-11-15)23(3,4)5/h6-14,19H,1-5H3,(H,26,28)(H2,24,25,27,29)/t19-/m0/s1. The molecule has 2 amide bonds. The van der Waals surface area contributed by atoms with Crippen LogP contribution in [0.15, 0.2) is 48.5 Å². The van der Waals surface area contributed by atoms with Gasteiger partial charge in [-0.15, -0.1) is 0 Å². The van der Waals surface area contributed by atoms with Crippen molar-refractivity contribution in [3.63, 3.8) is 0 Å². The van der Waals surface area contributed by atoms with Gasteiger partial charge in [-0.1, -0.05) is 58.9 Å². The lowest BCUT2D eigenvalue weighted by Crippen LogP contribution is -2.47. The first kappa shape index (κ1) is 20.6. The van der Waals surface area contributed by atoms with Crippen molar-refractivity contribution in [2.45, 2.75) is 46.1 Å². The van der Waals surface area contributed by atoms with E-state index in [1.54, 1.807) is 12.1 Å². The largest absolute Gasteiger partial charge is 0.340 e. The van der Waals surface area contributed by atoms with Crippen molar-refractivity contribution in [2.75, 3.05) is 5.32 Å². The number of aromatic nitrogens is 2. The summed E-state index contributed by atoms with van der Waals surface area (Å²) in [6.45, 7) is 10.2. The van der Waals surface area contributed by atoms with Gasteiger partial charge in [-0.2, -0.15) is 0 Å². The van der Waals surface area contributed by atoms with Gasteiger partial charge in [0.05, 0.1) is 11.0 Å². The molecule has 0 aliphatic carbocycles.